The monoisotopic (exact) mass is 262 g/mol. The zero-order valence-corrected chi connectivity index (χ0v) is 9.08. The third-order valence-corrected chi connectivity index (χ3v) is 3.59. The molecule has 0 unspecified atom stereocenters. The SMILES string of the molecule is Cc1ccc(Br)c(C)c1Br. The highest BCUT2D eigenvalue weighted by Crippen LogP contribution is 2.26. The quantitative estimate of drug-likeness (QED) is 0.668. The van der Waals surface area contributed by atoms with Crippen LogP contribution in [0.5, 0.6) is 0 Å². The van der Waals surface area contributed by atoms with Crippen LogP contribution in [0.3, 0.4) is 0 Å². The van der Waals surface area contributed by atoms with Crippen LogP contribution in [-0.2, 0) is 0 Å². The summed E-state index contributed by atoms with van der Waals surface area (Å²) in [6.07, 6.45) is 0. The molecule has 0 aliphatic carbocycles. The van der Waals surface area contributed by atoms with Gasteiger partial charge in [-0.3, -0.25) is 0 Å². The largest absolute Gasteiger partial charge is 0.0571 e. The van der Waals surface area contributed by atoms with Gasteiger partial charge in [-0.25, -0.2) is 0 Å². The Labute approximate surface area is 77.9 Å². The maximum absolute atomic E-state index is 3.50. The smallest absolute Gasteiger partial charge is 0.0244 e. The molecular weight excluding hydrogens is 256 g/mol. The first kappa shape index (κ1) is 8.28. The van der Waals surface area contributed by atoms with Gasteiger partial charge in [0.25, 0.3) is 0 Å². The van der Waals surface area contributed by atoms with Gasteiger partial charge in [0, 0.05) is 8.95 Å². The van der Waals surface area contributed by atoms with Gasteiger partial charge in [-0.05, 0) is 31.0 Å². The van der Waals surface area contributed by atoms with Crippen molar-refractivity contribution >= 4 is 31.9 Å². The van der Waals surface area contributed by atoms with E-state index in [1.807, 2.05) is 0 Å². The number of benzene rings is 1. The Balaban J connectivity index is 3.34. The Morgan fingerprint density at radius 2 is 1.70 bits per heavy atom. The van der Waals surface area contributed by atoms with Crippen LogP contribution in [0.25, 0.3) is 0 Å². The van der Waals surface area contributed by atoms with Gasteiger partial charge in [-0.2, -0.15) is 0 Å². The number of hydrogen-bond acceptors (Lipinski definition) is 0. The minimum Gasteiger partial charge on any atom is -0.0571 e. The van der Waals surface area contributed by atoms with Crippen molar-refractivity contribution in [2.75, 3.05) is 0 Å². The molecule has 2 heteroatoms. The summed E-state index contributed by atoms with van der Waals surface area (Å²) in [5.41, 5.74) is 2.54. The molecule has 0 spiro atoms. The van der Waals surface area contributed by atoms with Crippen LogP contribution in [0.2, 0.25) is 0 Å². The topological polar surface area (TPSA) is 0 Å². The molecule has 1 aromatic rings. The van der Waals surface area contributed by atoms with Gasteiger partial charge < -0.3 is 0 Å². The average molecular weight is 264 g/mol. The summed E-state index contributed by atoms with van der Waals surface area (Å²) in [5.74, 6) is 0. The molecule has 0 radical (unpaired) electrons. The first-order valence-corrected chi connectivity index (χ1v) is 4.62. The molecule has 0 aliphatic heterocycles. The van der Waals surface area contributed by atoms with Crippen molar-refractivity contribution in [1.29, 1.82) is 0 Å². The fourth-order valence-corrected chi connectivity index (χ4v) is 1.74. The van der Waals surface area contributed by atoms with Gasteiger partial charge in [0.1, 0.15) is 0 Å². The molecule has 0 aromatic heterocycles. The summed E-state index contributed by atoms with van der Waals surface area (Å²) in [4.78, 5) is 0. The standard InChI is InChI=1S/C8H8Br2/c1-5-3-4-7(9)6(2)8(5)10/h3-4H,1-2H3. The molecule has 0 aliphatic rings. The third-order valence-electron chi connectivity index (χ3n) is 1.51. The normalized spacial score (nSPS) is 10.0. The lowest BCUT2D eigenvalue weighted by atomic mass is 10.2. The van der Waals surface area contributed by atoms with Crippen LogP contribution in [0, 0.1) is 13.8 Å². The second kappa shape index (κ2) is 3.05. The molecular formula is C8H8Br2. The van der Waals surface area contributed by atoms with E-state index in [0.717, 1.165) is 4.47 Å². The zero-order chi connectivity index (χ0) is 7.72. The molecule has 0 amide bonds. The van der Waals surface area contributed by atoms with E-state index in [1.54, 1.807) is 0 Å². The Hall–Kier alpha value is 0.180. The highest BCUT2D eigenvalue weighted by atomic mass is 79.9. The highest BCUT2D eigenvalue weighted by molar-refractivity contribution is 9.11. The minimum absolute atomic E-state index is 1.16. The first-order valence-electron chi connectivity index (χ1n) is 3.04. The van der Waals surface area contributed by atoms with E-state index in [2.05, 4.69) is 57.8 Å². The number of halogens is 2. The van der Waals surface area contributed by atoms with Gasteiger partial charge in [0.15, 0.2) is 0 Å². The number of rotatable bonds is 0. The first-order chi connectivity index (χ1) is 4.63. The maximum atomic E-state index is 3.50. The Kier molecular flexibility index (Phi) is 2.53. The molecule has 0 N–H and O–H groups in total. The molecule has 0 saturated carbocycles. The van der Waals surface area contributed by atoms with Gasteiger partial charge >= 0.3 is 0 Å². The molecule has 1 rings (SSSR count). The predicted molar refractivity (Wildman–Crippen MR) is 51.3 cm³/mol. The Morgan fingerprint density at radius 1 is 1.10 bits per heavy atom. The molecule has 0 saturated heterocycles. The van der Waals surface area contributed by atoms with Crippen molar-refractivity contribution in [2.24, 2.45) is 0 Å². The van der Waals surface area contributed by atoms with Gasteiger partial charge in [-0.15, -0.1) is 0 Å². The van der Waals surface area contributed by atoms with E-state index in [-0.39, 0.29) is 0 Å². The van der Waals surface area contributed by atoms with Crippen LogP contribution in [0.4, 0.5) is 0 Å². The van der Waals surface area contributed by atoms with E-state index in [1.165, 1.54) is 15.6 Å². The Bertz CT molecular complexity index is 227. The van der Waals surface area contributed by atoms with Crippen molar-refractivity contribution < 1.29 is 0 Å². The van der Waals surface area contributed by atoms with E-state index >= 15 is 0 Å². The summed E-state index contributed by atoms with van der Waals surface area (Å²) in [6.45, 7) is 4.17. The minimum atomic E-state index is 1.16. The van der Waals surface area contributed by atoms with Crippen LogP contribution >= 0.6 is 31.9 Å². The molecule has 0 fully saturated rings. The average Bonchev–Trinajstić information content (AvgIpc) is 1.93. The van der Waals surface area contributed by atoms with Crippen molar-refractivity contribution in [2.45, 2.75) is 13.8 Å². The van der Waals surface area contributed by atoms with Crippen molar-refractivity contribution in [3.63, 3.8) is 0 Å². The van der Waals surface area contributed by atoms with Crippen molar-refractivity contribution in [1.82, 2.24) is 0 Å². The molecule has 0 heterocycles. The van der Waals surface area contributed by atoms with Crippen LogP contribution in [-0.4, -0.2) is 0 Å². The van der Waals surface area contributed by atoms with Gasteiger partial charge in [0.05, 0.1) is 0 Å². The molecule has 0 nitrogen and oxygen atoms in total. The van der Waals surface area contributed by atoms with Crippen molar-refractivity contribution in [3.8, 4) is 0 Å². The predicted octanol–water partition coefficient (Wildman–Crippen LogP) is 3.83. The highest BCUT2D eigenvalue weighted by Gasteiger charge is 2.00. The van der Waals surface area contributed by atoms with Gasteiger partial charge in [-0.1, -0.05) is 37.9 Å². The van der Waals surface area contributed by atoms with E-state index in [4.69, 9.17) is 0 Å². The van der Waals surface area contributed by atoms with E-state index < -0.39 is 0 Å². The molecule has 0 atom stereocenters. The summed E-state index contributed by atoms with van der Waals surface area (Å²) < 4.78 is 2.35. The van der Waals surface area contributed by atoms with Gasteiger partial charge in [0.2, 0.25) is 0 Å². The summed E-state index contributed by atoms with van der Waals surface area (Å²) in [5, 5.41) is 0. The third kappa shape index (κ3) is 1.43. The molecule has 1 aromatic carbocycles. The zero-order valence-electron chi connectivity index (χ0n) is 5.91. The summed E-state index contributed by atoms with van der Waals surface area (Å²) >= 11 is 6.95. The fourth-order valence-electron chi connectivity index (χ4n) is 0.797. The van der Waals surface area contributed by atoms with E-state index in [9.17, 15) is 0 Å². The van der Waals surface area contributed by atoms with Crippen LogP contribution in [0.1, 0.15) is 11.1 Å². The number of aryl methyl sites for hydroxylation is 1. The molecule has 54 valence electrons. The summed E-state index contributed by atoms with van der Waals surface area (Å²) in [7, 11) is 0. The lowest BCUT2D eigenvalue weighted by Crippen LogP contribution is -1.81. The fraction of sp³-hybridized carbons (Fsp3) is 0.250. The summed E-state index contributed by atoms with van der Waals surface area (Å²) in [6, 6.07) is 4.15. The molecule has 10 heavy (non-hydrogen) atoms. The second-order valence-corrected chi connectivity index (χ2v) is 3.95. The van der Waals surface area contributed by atoms with Crippen LogP contribution < -0.4 is 0 Å². The second-order valence-electron chi connectivity index (χ2n) is 2.30. The maximum Gasteiger partial charge on any atom is 0.0244 e. The number of hydrogen-bond donors (Lipinski definition) is 0. The lowest BCUT2D eigenvalue weighted by molar-refractivity contribution is 1.32. The lowest BCUT2D eigenvalue weighted by Gasteiger charge is -2.03. The van der Waals surface area contributed by atoms with Crippen LogP contribution in [0.15, 0.2) is 21.1 Å². The van der Waals surface area contributed by atoms with Crippen molar-refractivity contribution in [3.05, 3.63) is 32.2 Å². The van der Waals surface area contributed by atoms with E-state index in [0.29, 0.717) is 0 Å². The molecule has 0 bridgehead atoms. The Morgan fingerprint density at radius 3 is 2.20 bits per heavy atom.